The molecule has 0 aromatic heterocycles. The van der Waals surface area contributed by atoms with Crippen LogP contribution in [-0.2, 0) is 0 Å². The lowest BCUT2D eigenvalue weighted by Crippen LogP contribution is -1.99. The Kier molecular flexibility index (Phi) is 3.15. The second kappa shape index (κ2) is 4.36. The summed E-state index contributed by atoms with van der Waals surface area (Å²) < 4.78 is 5.35. The molecule has 3 heteroatoms. The van der Waals surface area contributed by atoms with Crippen molar-refractivity contribution in [2.45, 2.75) is 13.3 Å². The maximum Gasteiger partial charge on any atom is 0.143 e. The number of anilines is 1. The molecule has 0 aliphatic rings. The van der Waals surface area contributed by atoms with Crippen LogP contribution in [0.2, 0.25) is 0 Å². The van der Waals surface area contributed by atoms with E-state index in [1.807, 2.05) is 13.0 Å². The molecule has 3 nitrogen and oxygen atoms in total. The molecule has 0 unspecified atom stereocenters. The van der Waals surface area contributed by atoms with Gasteiger partial charge >= 0.3 is 0 Å². The average Bonchev–Trinajstić information content (AvgIpc) is 2.17. The van der Waals surface area contributed by atoms with Crippen molar-refractivity contribution in [3.63, 3.8) is 0 Å². The SMILES string of the molecule is CCCOc1cc(C#N)ccc1N. The first-order chi connectivity index (χ1) is 6.27. The van der Waals surface area contributed by atoms with Gasteiger partial charge in [-0.1, -0.05) is 6.92 Å². The van der Waals surface area contributed by atoms with Gasteiger partial charge in [0.25, 0.3) is 0 Å². The van der Waals surface area contributed by atoms with E-state index < -0.39 is 0 Å². The molecule has 0 saturated carbocycles. The highest BCUT2D eigenvalue weighted by atomic mass is 16.5. The second-order valence-electron chi connectivity index (χ2n) is 2.71. The molecule has 68 valence electrons. The number of nitriles is 1. The Morgan fingerprint density at radius 3 is 2.92 bits per heavy atom. The summed E-state index contributed by atoms with van der Waals surface area (Å²) in [5.41, 5.74) is 6.80. The Bertz CT molecular complexity index is 328. The Hall–Kier alpha value is -1.69. The lowest BCUT2D eigenvalue weighted by Gasteiger charge is -2.07. The Morgan fingerprint density at radius 2 is 2.31 bits per heavy atom. The van der Waals surface area contributed by atoms with E-state index in [-0.39, 0.29) is 0 Å². The molecule has 13 heavy (non-hydrogen) atoms. The van der Waals surface area contributed by atoms with Crippen LogP contribution in [0.5, 0.6) is 5.75 Å². The van der Waals surface area contributed by atoms with E-state index in [0.717, 1.165) is 6.42 Å². The topological polar surface area (TPSA) is 59.0 Å². The van der Waals surface area contributed by atoms with Crippen LogP contribution in [-0.4, -0.2) is 6.61 Å². The third-order valence-electron chi connectivity index (χ3n) is 1.60. The highest BCUT2D eigenvalue weighted by molar-refractivity contribution is 5.55. The van der Waals surface area contributed by atoms with Crippen LogP contribution in [0.4, 0.5) is 5.69 Å². The van der Waals surface area contributed by atoms with Gasteiger partial charge in [-0.3, -0.25) is 0 Å². The molecule has 0 amide bonds. The normalized spacial score (nSPS) is 9.23. The zero-order chi connectivity index (χ0) is 9.68. The number of nitrogens with zero attached hydrogens (tertiary/aromatic N) is 1. The first-order valence-electron chi connectivity index (χ1n) is 4.20. The maximum atomic E-state index is 8.63. The monoisotopic (exact) mass is 176 g/mol. The number of benzene rings is 1. The van der Waals surface area contributed by atoms with Gasteiger partial charge in [-0.2, -0.15) is 5.26 Å². The molecule has 0 radical (unpaired) electrons. The fraction of sp³-hybridized carbons (Fsp3) is 0.300. The van der Waals surface area contributed by atoms with Crippen LogP contribution >= 0.6 is 0 Å². The molecule has 1 rings (SSSR count). The summed E-state index contributed by atoms with van der Waals surface area (Å²) in [5, 5.41) is 8.63. The molecule has 0 atom stereocenters. The Balaban J connectivity index is 2.85. The van der Waals surface area contributed by atoms with E-state index in [0.29, 0.717) is 23.6 Å². The van der Waals surface area contributed by atoms with Crippen LogP contribution in [0.3, 0.4) is 0 Å². The number of nitrogen functional groups attached to an aromatic ring is 1. The lowest BCUT2D eigenvalue weighted by atomic mass is 10.2. The quantitative estimate of drug-likeness (QED) is 0.716. The van der Waals surface area contributed by atoms with Crippen molar-refractivity contribution in [2.24, 2.45) is 0 Å². The number of hydrogen-bond acceptors (Lipinski definition) is 3. The minimum Gasteiger partial charge on any atom is -0.491 e. The van der Waals surface area contributed by atoms with E-state index in [1.54, 1.807) is 18.2 Å². The number of hydrogen-bond donors (Lipinski definition) is 1. The van der Waals surface area contributed by atoms with Crippen molar-refractivity contribution >= 4 is 5.69 Å². The van der Waals surface area contributed by atoms with E-state index in [1.165, 1.54) is 0 Å². The average molecular weight is 176 g/mol. The highest BCUT2D eigenvalue weighted by Crippen LogP contribution is 2.22. The molecule has 0 saturated heterocycles. The van der Waals surface area contributed by atoms with Gasteiger partial charge in [0.2, 0.25) is 0 Å². The van der Waals surface area contributed by atoms with Gasteiger partial charge < -0.3 is 10.5 Å². The van der Waals surface area contributed by atoms with Crippen molar-refractivity contribution in [3.8, 4) is 11.8 Å². The summed E-state index contributed by atoms with van der Waals surface area (Å²) in [6.07, 6.45) is 0.927. The number of rotatable bonds is 3. The van der Waals surface area contributed by atoms with Gasteiger partial charge in [0, 0.05) is 6.07 Å². The lowest BCUT2D eigenvalue weighted by molar-refractivity contribution is 0.319. The molecule has 0 heterocycles. The molecule has 0 spiro atoms. The van der Waals surface area contributed by atoms with Gasteiger partial charge in [0.05, 0.1) is 23.9 Å². The van der Waals surface area contributed by atoms with Gasteiger partial charge in [0.1, 0.15) is 5.75 Å². The molecule has 0 aliphatic carbocycles. The molecule has 0 aliphatic heterocycles. The van der Waals surface area contributed by atoms with Crippen molar-refractivity contribution in [2.75, 3.05) is 12.3 Å². The summed E-state index contributed by atoms with van der Waals surface area (Å²) in [7, 11) is 0. The van der Waals surface area contributed by atoms with Crippen LogP contribution < -0.4 is 10.5 Å². The summed E-state index contributed by atoms with van der Waals surface area (Å²) in [6.45, 7) is 2.64. The van der Waals surface area contributed by atoms with Crippen molar-refractivity contribution in [3.05, 3.63) is 23.8 Å². The zero-order valence-corrected chi connectivity index (χ0v) is 7.58. The predicted molar refractivity (Wildman–Crippen MR) is 51.4 cm³/mol. The van der Waals surface area contributed by atoms with E-state index in [2.05, 4.69) is 0 Å². The maximum absolute atomic E-state index is 8.63. The van der Waals surface area contributed by atoms with E-state index in [4.69, 9.17) is 15.7 Å². The largest absolute Gasteiger partial charge is 0.491 e. The molecule has 2 N–H and O–H groups in total. The fourth-order valence-corrected chi connectivity index (χ4v) is 0.941. The Labute approximate surface area is 77.7 Å². The van der Waals surface area contributed by atoms with Crippen LogP contribution in [0, 0.1) is 11.3 Å². The summed E-state index contributed by atoms with van der Waals surface area (Å²) in [5.74, 6) is 0.598. The van der Waals surface area contributed by atoms with E-state index >= 15 is 0 Å². The first kappa shape index (κ1) is 9.40. The van der Waals surface area contributed by atoms with Gasteiger partial charge in [0.15, 0.2) is 0 Å². The van der Waals surface area contributed by atoms with Gasteiger partial charge in [-0.15, -0.1) is 0 Å². The third-order valence-corrected chi connectivity index (χ3v) is 1.60. The second-order valence-corrected chi connectivity index (χ2v) is 2.71. The zero-order valence-electron chi connectivity index (χ0n) is 7.58. The fourth-order valence-electron chi connectivity index (χ4n) is 0.941. The molecule has 0 bridgehead atoms. The van der Waals surface area contributed by atoms with Crippen molar-refractivity contribution in [1.82, 2.24) is 0 Å². The minimum absolute atomic E-state index is 0.570. The van der Waals surface area contributed by atoms with Gasteiger partial charge in [-0.05, 0) is 18.6 Å². The van der Waals surface area contributed by atoms with Crippen LogP contribution in [0.15, 0.2) is 18.2 Å². The molecule has 0 fully saturated rings. The van der Waals surface area contributed by atoms with Crippen molar-refractivity contribution in [1.29, 1.82) is 5.26 Å². The predicted octanol–water partition coefficient (Wildman–Crippen LogP) is 1.93. The van der Waals surface area contributed by atoms with E-state index in [9.17, 15) is 0 Å². The van der Waals surface area contributed by atoms with Crippen LogP contribution in [0.25, 0.3) is 0 Å². The first-order valence-corrected chi connectivity index (χ1v) is 4.20. The molecular formula is C10H12N2O. The smallest absolute Gasteiger partial charge is 0.143 e. The minimum atomic E-state index is 0.570. The summed E-state index contributed by atoms with van der Waals surface area (Å²) in [4.78, 5) is 0. The molecular weight excluding hydrogens is 164 g/mol. The highest BCUT2D eigenvalue weighted by Gasteiger charge is 2.00. The number of nitrogens with two attached hydrogens (primary N) is 1. The summed E-state index contributed by atoms with van der Waals surface area (Å²) in [6, 6.07) is 7.05. The number of ether oxygens (including phenoxy) is 1. The molecule has 1 aromatic rings. The van der Waals surface area contributed by atoms with Crippen LogP contribution in [0.1, 0.15) is 18.9 Å². The third kappa shape index (κ3) is 2.38. The molecule has 1 aromatic carbocycles. The summed E-state index contributed by atoms with van der Waals surface area (Å²) >= 11 is 0. The van der Waals surface area contributed by atoms with Crippen molar-refractivity contribution < 1.29 is 4.74 Å². The van der Waals surface area contributed by atoms with Gasteiger partial charge in [-0.25, -0.2) is 0 Å². The Morgan fingerprint density at radius 1 is 1.54 bits per heavy atom. The standard InChI is InChI=1S/C10H12N2O/c1-2-5-13-10-6-8(7-11)3-4-9(10)12/h3-4,6H,2,5,12H2,1H3.